The van der Waals surface area contributed by atoms with Crippen LogP contribution in [-0.2, 0) is 0 Å². The quantitative estimate of drug-likeness (QED) is 0.804. The molecule has 3 rings (SSSR count). The second-order valence-electron chi connectivity index (χ2n) is 5.25. The predicted octanol–water partition coefficient (Wildman–Crippen LogP) is 2.45. The van der Waals surface area contributed by atoms with Crippen LogP contribution in [0.3, 0.4) is 0 Å². The van der Waals surface area contributed by atoms with Gasteiger partial charge in [-0.05, 0) is 32.0 Å². The Hall–Kier alpha value is -2.89. The highest BCUT2D eigenvalue weighted by Gasteiger charge is 2.17. The number of rotatable bonds is 3. The van der Waals surface area contributed by atoms with Crippen molar-refractivity contribution in [2.45, 2.75) is 13.8 Å². The van der Waals surface area contributed by atoms with E-state index >= 15 is 0 Å². The number of hydrogen-bond acceptors (Lipinski definition) is 5. The molecular weight excluding hydrogens is 292 g/mol. The fourth-order valence-electron chi connectivity index (χ4n) is 2.65. The zero-order valence-electron chi connectivity index (χ0n) is 13.5. The largest absolute Gasteiger partial charge is 0.491 e. The Labute approximate surface area is 133 Å². The van der Waals surface area contributed by atoms with E-state index in [1.807, 2.05) is 38.2 Å². The van der Waals surface area contributed by atoms with E-state index < -0.39 is 0 Å². The monoisotopic (exact) mass is 310 g/mol. The van der Waals surface area contributed by atoms with E-state index in [1.54, 1.807) is 17.7 Å². The predicted molar refractivity (Wildman–Crippen MR) is 90.7 cm³/mol. The first-order valence-electron chi connectivity index (χ1n) is 7.28. The number of pyridine rings is 1. The molecule has 0 amide bonds. The van der Waals surface area contributed by atoms with Gasteiger partial charge in [-0.1, -0.05) is 6.07 Å². The maximum absolute atomic E-state index is 12.9. The molecule has 6 nitrogen and oxygen atoms in total. The van der Waals surface area contributed by atoms with Crippen molar-refractivity contribution in [1.29, 1.82) is 0 Å². The van der Waals surface area contributed by atoms with E-state index in [-0.39, 0.29) is 5.56 Å². The fraction of sp³-hybridized carbons (Fsp3) is 0.235. The molecule has 0 atom stereocenters. The van der Waals surface area contributed by atoms with Crippen molar-refractivity contribution in [1.82, 2.24) is 14.5 Å². The molecule has 118 valence electrons. The molecule has 0 fully saturated rings. The van der Waals surface area contributed by atoms with Crippen molar-refractivity contribution in [2.75, 3.05) is 19.5 Å². The molecular formula is C17H18N4O2. The second-order valence-corrected chi connectivity index (χ2v) is 5.25. The SMILES string of the molecule is CNc1cccc(-n2c(=O)c(OC)c(C)c3cnc(C)nc32)c1. The molecule has 1 N–H and O–H groups in total. The highest BCUT2D eigenvalue weighted by Crippen LogP contribution is 2.25. The Bertz CT molecular complexity index is 947. The number of benzene rings is 1. The van der Waals surface area contributed by atoms with Crippen LogP contribution >= 0.6 is 0 Å². The minimum absolute atomic E-state index is 0.233. The number of anilines is 1. The average Bonchev–Trinajstić information content (AvgIpc) is 2.55. The van der Waals surface area contributed by atoms with Crippen molar-refractivity contribution in [2.24, 2.45) is 0 Å². The third-order valence-electron chi connectivity index (χ3n) is 3.84. The highest BCUT2D eigenvalue weighted by atomic mass is 16.5. The van der Waals surface area contributed by atoms with Gasteiger partial charge in [0.05, 0.1) is 12.8 Å². The van der Waals surface area contributed by atoms with Crippen LogP contribution in [0.1, 0.15) is 11.4 Å². The lowest BCUT2D eigenvalue weighted by atomic mass is 10.1. The zero-order valence-corrected chi connectivity index (χ0v) is 13.5. The van der Waals surface area contributed by atoms with Crippen LogP contribution in [-0.4, -0.2) is 28.7 Å². The standard InChI is InChI=1S/C17H18N4O2/c1-10-14-9-19-11(2)20-16(14)21(17(22)15(10)23-4)13-7-5-6-12(8-13)18-3/h5-9,18H,1-4H3. The first kappa shape index (κ1) is 15.0. The van der Waals surface area contributed by atoms with Gasteiger partial charge in [0.15, 0.2) is 11.4 Å². The van der Waals surface area contributed by atoms with Crippen molar-refractivity contribution in [3.63, 3.8) is 0 Å². The summed E-state index contributed by atoms with van der Waals surface area (Å²) in [6.45, 7) is 3.65. The molecule has 2 aromatic heterocycles. The summed E-state index contributed by atoms with van der Waals surface area (Å²) in [5.41, 5.74) is 2.72. The van der Waals surface area contributed by atoms with Gasteiger partial charge in [0.1, 0.15) is 5.82 Å². The average molecular weight is 310 g/mol. The summed E-state index contributed by atoms with van der Waals surface area (Å²) in [6.07, 6.45) is 1.73. The van der Waals surface area contributed by atoms with E-state index in [9.17, 15) is 4.79 Å². The molecule has 0 radical (unpaired) electrons. The maximum atomic E-state index is 12.9. The number of methoxy groups -OCH3 is 1. The lowest BCUT2D eigenvalue weighted by Gasteiger charge is -2.15. The number of nitrogens with one attached hydrogen (secondary N) is 1. The Morgan fingerprint density at radius 3 is 2.74 bits per heavy atom. The minimum atomic E-state index is -0.233. The number of aromatic nitrogens is 3. The van der Waals surface area contributed by atoms with Gasteiger partial charge in [-0.2, -0.15) is 0 Å². The molecule has 0 aliphatic carbocycles. The summed E-state index contributed by atoms with van der Waals surface area (Å²) in [5.74, 6) is 0.916. The molecule has 1 aromatic carbocycles. The van der Waals surface area contributed by atoms with E-state index in [0.717, 1.165) is 22.3 Å². The van der Waals surface area contributed by atoms with Gasteiger partial charge in [0.25, 0.3) is 5.56 Å². The van der Waals surface area contributed by atoms with Crippen LogP contribution in [0.2, 0.25) is 0 Å². The van der Waals surface area contributed by atoms with Gasteiger partial charge in [-0.3, -0.25) is 9.36 Å². The third-order valence-corrected chi connectivity index (χ3v) is 3.84. The van der Waals surface area contributed by atoms with Crippen molar-refractivity contribution in [3.05, 3.63) is 52.2 Å². The van der Waals surface area contributed by atoms with Gasteiger partial charge in [-0.15, -0.1) is 0 Å². The Morgan fingerprint density at radius 1 is 1.26 bits per heavy atom. The summed E-state index contributed by atoms with van der Waals surface area (Å²) in [4.78, 5) is 21.6. The summed E-state index contributed by atoms with van der Waals surface area (Å²) < 4.78 is 6.89. The van der Waals surface area contributed by atoms with Crippen LogP contribution < -0.4 is 15.6 Å². The molecule has 0 aliphatic rings. The smallest absolute Gasteiger partial charge is 0.299 e. The maximum Gasteiger partial charge on any atom is 0.299 e. The third kappa shape index (κ3) is 2.42. The molecule has 0 bridgehead atoms. The normalized spacial score (nSPS) is 10.8. The zero-order chi connectivity index (χ0) is 16.6. The minimum Gasteiger partial charge on any atom is -0.491 e. The first-order valence-corrected chi connectivity index (χ1v) is 7.28. The van der Waals surface area contributed by atoms with Gasteiger partial charge in [-0.25, -0.2) is 9.97 Å². The van der Waals surface area contributed by atoms with Crippen LogP contribution in [0.4, 0.5) is 5.69 Å². The van der Waals surface area contributed by atoms with Gasteiger partial charge < -0.3 is 10.1 Å². The first-order chi connectivity index (χ1) is 11.1. The van der Waals surface area contributed by atoms with Crippen molar-refractivity contribution >= 4 is 16.7 Å². The molecule has 0 unspecified atom stereocenters. The van der Waals surface area contributed by atoms with E-state index in [0.29, 0.717) is 17.2 Å². The molecule has 0 spiro atoms. The summed E-state index contributed by atoms with van der Waals surface area (Å²) >= 11 is 0. The molecule has 3 aromatic rings. The Balaban J connectivity index is 2.47. The van der Waals surface area contributed by atoms with Crippen LogP contribution in [0.5, 0.6) is 5.75 Å². The number of fused-ring (bicyclic) bond motifs is 1. The van der Waals surface area contributed by atoms with E-state index in [1.165, 1.54) is 7.11 Å². The highest BCUT2D eigenvalue weighted by molar-refractivity contribution is 5.82. The van der Waals surface area contributed by atoms with Crippen LogP contribution in [0.25, 0.3) is 16.7 Å². The molecule has 0 saturated heterocycles. The molecule has 2 heterocycles. The Morgan fingerprint density at radius 2 is 2.04 bits per heavy atom. The van der Waals surface area contributed by atoms with E-state index in [4.69, 9.17) is 4.74 Å². The van der Waals surface area contributed by atoms with Gasteiger partial charge in [0, 0.05) is 29.9 Å². The number of hydrogen-bond donors (Lipinski definition) is 1. The topological polar surface area (TPSA) is 69.0 Å². The van der Waals surface area contributed by atoms with E-state index in [2.05, 4.69) is 15.3 Å². The van der Waals surface area contributed by atoms with Gasteiger partial charge in [0.2, 0.25) is 0 Å². The molecule has 0 saturated carbocycles. The fourth-order valence-corrected chi connectivity index (χ4v) is 2.65. The van der Waals surface area contributed by atoms with Gasteiger partial charge >= 0.3 is 0 Å². The van der Waals surface area contributed by atoms with Crippen LogP contribution in [0.15, 0.2) is 35.3 Å². The number of nitrogens with zero attached hydrogens (tertiary/aromatic N) is 3. The Kier molecular flexibility index (Phi) is 3.73. The van der Waals surface area contributed by atoms with Crippen LogP contribution in [0, 0.1) is 13.8 Å². The molecule has 6 heteroatoms. The number of ether oxygens (including phenoxy) is 1. The summed E-state index contributed by atoms with van der Waals surface area (Å²) in [6, 6.07) is 7.59. The summed E-state index contributed by atoms with van der Waals surface area (Å²) in [5, 5.41) is 3.87. The lowest BCUT2D eigenvalue weighted by Crippen LogP contribution is -2.22. The molecule has 23 heavy (non-hydrogen) atoms. The number of aryl methyl sites for hydroxylation is 2. The van der Waals surface area contributed by atoms with Crippen molar-refractivity contribution < 1.29 is 4.74 Å². The lowest BCUT2D eigenvalue weighted by molar-refractivity contribution is 0.404. The van der Waals surface area contributed by atoms with Crippen molar-refractivity contribution in [3.8, 4) is 11.4 Å². The molecule has 0 aliphatic heterocycles. The summed E-state index contributed by atoms with van der Waals surface area (Å²) in [7, 11) is 3.33. The second kappa shape index (κ2) is 5.72.